The molecule has 0 bridgehead atoms. The van der Waals surface area contributed by atoms with Gasteiger partial charge in [0.25, 0.3) is 0 Å². The van der Waals surface area contributed by atoms with Gasteiger partial charge in [0.2, 0.25) is 0 Å². The Morgan fingerprint density at radius 1 is 0.833 bits per heavy atom. The molecule has 0 N–H and O–H groups in total. The first-order valence-corrected chi connectivity index (χ1v) is 8.37. The molecule has 1 aromatic carbocycles. The van der Waals surface area contributed by atoms with E-state index in [2.05, 4.69) is 0 Å². The minimum atomic E-state index is -0.826. The average Bonchev–Trinajstić information content (AvgIpc) is 2.17. The van der Waals surface area contributed by atoms with Gasteiger partial charge in [-0.2, -0.15) is 18.2 Å². The first-order valence-electron chi connectivity index (χ1n) is 2.04. The summed E-state index contributed by atoms with van der Waals surface area (Å²) in [4.78, 5) is 0. The van der Waals surface area contributed by atoms with E-state index in [1.807, 2.05) is 30.3 Å². The van der Waals surface area contributed by atoms with Crippen LogP contribution in [0.5, 0.6) is 0 Å². The van der Waals surface area contributed by atoms with Crippen LogP contribution in [0.3, 0.4) is 0 Å². The number of hydrogen-bond donors (Lipinski definition) is 0. The Hall–Kier alpha value is 0.813. The Labute approximate surface area is 97.3 Å². The summed E-state index contributed by atoms with van der Waals surface area (Å²) in [5, 5.41) is 0. The van der Waals surface area contributed by atoms with Gasteiger partial charge >= 0.3 is 37.9 Å². The molecule has 0 amide bonds. The zero-order chi connectivity index (χ0) is 6.24. The quantitative estimate of drug-likeness (QED) is 0.613. The van der Waals surface area contributed by atoms with Gasteiger partial charge in [-0.1, -0.05) is 0 Å². The Morgan fingerprint density at radius 3 is 1.17 bits per heavy atom. The van der Waals surface area contributed by atoms with Crippen molar-refractivity contribution in [2.45, 2.75) is 0 Å². The summed E-state index contributed by atoms with van der Waals surface area (Å²) >= 11 is -0.826. The topological polar surface area (TPSA) is 0 Å². The molecule has 1 rings (SSSR count). The van der Waals surface area contributed by atoms with E-state index in [1.54, 1.807) is 0 Å². The Bertz CT molecular complexity index is 79.4. The summed E-state index contributed by atoms with van der Waals surface area (Å²) in [7, 11) is 9.87. The van der Waals surface area contributed by atoms with E-state index in [-0.39, 0.29) is 29.7 Å². The molecule has 0 aliphatic rings. The summed E-state index contributed by atoms with van der Waals surface area (Å²) in [6.45, 7) is 0. The molecule has 0 aliphatic carbocycles. The third-order valence-corrected chi connectivity index (χ3v) is 0.556. The van der Waals surface area contributed by atoms with Crippen LogP contribution in [0.2, 0.25) is 0 Å². The van der Waals surface area contributed by atoms with Crippen molar-refractivity contribution in [1.82, 2.24) is 0 Å². The molecular formula is C9H17Cl2Zr-5. The molecule has 1 aromatic rings. The minimum absolute atomic E-state index is 0. The minimum Gasteiger partial charge on any atom is -0.214 e. The molecule has 0 saturated heterocycles. The predicted molar refractivity (Wildman–Crippen MR) is 59.4 cm³/mol. The van der Waals surface area contributed by atoms with Crippen molar-refractivity contribution in [2.75, 3.05) is 0 Å². The van der Waals surface area contributed by atoms with Gasteiger partial charge in [0.15, 0.2) is 0 Å². The Morgan fingerprint density at radius 2 is 1.08 bits per heavy atom. The van der Waals surface area contributed by atoms with Crippen molar-refractivity contribution < 1.29 is 20.8 Å². The third-order valence-electron chi connectivity index (χ3n) is 0.556. The van der Waals surface area contributed by atoms with Gasteiger partial charge in [-0.15, -0.1) is 0 Å². The maximum atomic E-state index is 4.93. The van der Waals surface area contributed by atoms with Crippen LogP contribution in [-0.2, 0) is 20.8 Å². The Kier molecular flexibility index (Phi) is 72.6. The van der Waals surface area contributed by atoms with Crippen molar-refractivity contribution in [3.8, 4) is 0 Å². The predicted octanol–water partition coefficient (Wildman–Crippen LogP) is 4.58. The number of halogens is 2. The van der Waals surface area contributed by atoms with Crippen LogP contribution < -0.4 is 0 Å². The van der Waals surface area contributed by atoms with Crippen LogP contribution in [0.4, 0.5) is 0 Å². The summed E-state index contributed by atoms with van der Waals surface area (Å²) in [6, 6.07) is 10.0. The molecule has 0 aromatic heterocycles. The first kappa shape index (κ1) is 29.3. The Balaban J connectivity index is -0.0000000219. The van der Waals surface area contributed by atoms with Crippen LogP contribution in [-0.4, -0.2) is 0 Å². The normalized spacial score (nSPS) is 4.50. The molecular weight excluding hydrogens is 270 g/mol. The second-order valence-electron chi connectivity index (χ2n) is 1.03. The molecule has 0 unspecified atom stereocenters. The van der Waals surface area contributed by atoms with Gasteiger partial charge < -0.3 is 29.7 Å². The first-order chi connectivity index (χ1) is 3.91. The molecule has 0 radical (unpaired) electrons. The second kappa shape index (κ2) is 29.8. The van der Waals surface area contributed by atoms with E-state index in [0.29, 0.717) is 0 Å². The van der Waals surface area contributed by atoms with Gasteiger partial charge in [-0.05, 0) is 0 Å². The molecule has 0 fully saturated rings. The molecule has 3 heteroatoms. The second-order valence-corrected chi connectivity index (χ2v) is 4.77. The van der Waals surface area contributed by atoms with Crippen LogP contribution >= 0.6 is 17.0 Å². The summed E-state index contributed by atoms with van der Waals surface area (Å²) < 4.78 is 0. The fraction of sp³-hybridized carbons (Fsp3) is 0. The molecule has 0 nitrogen and oxygen atoms in total. The van der Waals surface area contributed by atoms with E-state index in [9.17, 15) is 0 Å². The maximum absolute atomic E-state index is 4.93. The van der Waals surface area contributed by atoms with E-state index in [4.69, 9.17) is 17.0 Å². The van der Waals surface area contributed by atoms with Crippen molar-refractivity contribution in [1.29, 1.82) is 0 Å². The smallest absolute Gasteiger partial charge is 0.172 e. The van der Waals surface area contributed by atoms with Gasteiger partial charge in [-0.3, -0.25) is 0 Å². The van der Waals surface area contributed by atoms with Crippen LogP contribution in [0.25, 0.3) is 0 Å². The summed E-state index contributed by atoms with van der Waals surface area (Å²) in [5.74, 6) is 0. The molecule has 0 aliphatic heterocycles. The number of hydrogen-bond acceptors (Lipinski definition) is 0. The molecule has 76 valence electrons. The van der Waals surface area contributed by atoms with Crippen LogP contribution in [0.1, 0.15) is 0 Å². The zero-order valence-electron chi connectivity index (χ0n) is 8.14. The zero-order valence-corrected chi connectivity index (χ0v) is 12.1. The van der Waals surface area contributed by atoms with E-state index >= 15 is 0 Å². The number of rotatable bonds is 0. The maximum Gasteiger partial charge on any atom is -0.172 e. The van der Waals surface area contributed by atoms with Crippen LogP contribution in [0, 0.1) is 29.7 Å². The third kappa shape index (κ3) is 30.8. The van der Waals surface area contributed by atoms with Gasteiger partial charge in [0.1, 0.15) is 0 Å². The molecule has 12 heavy (non-hydrogen) atoms. The van der Waals surface area contributed by atoms with Crippen LogP contribution in [0.15, 0.2) is 30.3 Å². The van der Waals surface area contributed by atoms with Crippen molar-refractivity contribution in [2.24, 2.45) is 0 Å². The molecule has 0 heterocycles. The average molecular weight is 287 g/mol. The summed E-state index contributed by atoms with van der Waals surface area (Å²) in [6.07, 6.45) is 0. The van der Waals surface area contributed by atoms with E-state index < -0.39 is 20.8 Å². The fourth-order valence-electron chi connectivity index (χ4n) is 0.321. The van der Waals surface area contributed by atoms with Crippen molar-refractivity contribution in [3.05, 3.63) is 60.0 Å². The van der Waals surface area contributed by atoms with E-state index in [0.717, 1.165) is 0 Å². The SMILES string of the molecule is [CH3-].[CH3-].[CH3-].[CH3-].[Cl][Zr][Cl].c1cc[cH-]c1. The van der Waals surface area contributed by atoms with E-state index in [1.165, 1.54) is 0 Å². The summed E-state index contributed by atoms with van der Waals surface area (Å²) in [5.41, 5.74) is 0. The molecule has 0 saturated carbocycles. The van der Waals surface area contributed by atoms with Gasteiger partial charge in [0, 0.05) is 0 Å². The van der Waals surface area contributed by atoms with Gasteiger partial charge in [-0.25, -0.2) is 12.1 Å². The van der Waals surface area contributed by atoms with Gasteiger partial charge in [0.05, 0.1) is 0 Å². The largest absolute Gasteiger partial charge is 0.214 e. The van der Waals surface area contributed by atoms with Crippen molar-refractivity contribution >= 4 is 17.0 Å². The standard InChI is InChI=1S/C5H5.4CH3.2ClH.Zr/c1-2-4-5-3-1;;;;;;;/h1-5H;4*1H3;2*1H;/q5*-1;;;+2/p-2. The molecule has 0 atom stereocenters. The monoisotopic (exact) mass is 285 g/mol. The molecule has 0 spiro atoms. The van der Waals surface area contributed by atoms with Crippen molar-refractivity contribution in [3.63, 3.8) is 0 Å². The fourth-order valence-corrected chi connectivity index (χ4v) is 0.321.